The van der Waals surface area contributed by atoms with E-state index in [1.807, 2.05) is 31.2 Å². The van der Waals surface area contributed by atoms with Gasteiger partial charge in [0.1, 0.15) is 17.4 Å². The zero-order valence-corrected chi connectivity index (χ0v) is 10.1. The summed E-state index contributed by atoms with van der Waals surface area (Å²) >= 11 is 0. The van der Waals surface area contributed by atoms with Gasteiger partial charge >= 0.3 is 0 Å². The molecule has 0 saturated heterocycles. The Balaban J connectivity index is 2.16. The van der Waals surface area contributed by atoms with E-state index in [4.69, 9.17) is 5.26 Å². The summed E-state index contributed by atoms with van der Waals surface area (Å²) in [5, 5.41) is 12.0. The van der Waals surface area contributed by atoms with Gasteiger partial charge in [0.05, 0.1) is 5.69 Å². The minimum Gasteiger partial charge on any atom is -0.380 e. The molecule has 0 amide bonds. The molecule has 0 atom stereocenters. The largest absolute Gasteiger partial charge is 0.380 e. The third-order valence-electron chi connectivity index (χ3n) is 2.69. The fourth-order valence-corrected chi connectivity index (χ4v) is 1.80. The van der Waals surface area contributed by atoms with Gasteiger partial charge in [0.2, 0.25) is 0 Å². The van der Waals surface area contributed by atoms with Crippen molar-refractivity contribution in [2.75, 3.05) is 5.32 Å². The molecule has 2 rings (SSSR count). The summed E-state index contributed by atoms with van der Waals surface area (Å²) in [4.78, 5) is 0. The number of aryl methyl sites for hydroxylation is 1. The molecule has 90 valence electrons. The van der Waals surface area contributed by atoms with Crippen molar-refractivity contribution in [1.29, 1.82) is 5.26 Å². The first-order valence-electron chi connectivity index (χ1n) is 5.69. The van der Waals surface area contributed by atoms with E-state index >= 15 is 0 Å². The van der Waals surface area contributed by atoms with E-state index in [0.29, 0.717) is 12.2 Å². The molecule has 0 fully saturated rings. The summed E-state index contributed by atoms with van der Waals surface area (Å²) in [5.41, 5.74) is 2.86. The summed E-state index contributed by atoms with van der Waals surface area (Å²) in [5.74, 6) is -0.494. The Hall–Kier alpha value is -2.34. The third-order valence-corrected chi connectivity index (χ3v) is 2.69. The molecule has 0 unspecified atom stereocenters. The molecule has 2 aromatic rings. The molecular weight excluding hydrogens is 227 g/mol. The summed E-state index contributed by atoms with van der Waals surface area (Å²) < 4.78 is 13.4. The van der Waals surface area contributed by atoms with Crippen LogP contribution in [0.1, 0.15) is 16.7 Å². The summed E-state index contributed by atoms with van der Waals surface area (Å²) in [6.07, 6.45) is 0. The lowest BCUT2D eigenvalue weighted by Crippen LogP contribution is -2.02. The lowest BCUT2D eigenvalue weighted by Gasteiger charge is -2.09. The average molecular weight is 240 g/mol. The van der Waals surface area contributed by atoms with Gasteiger partial charge in [-0.05, 0) is 24.6 Å². The molecule has 0 aromatic heterocycles. The molecule has 0 radical (unpaired) electrons. The van der Waals surface area contributed by atoms with Crippen LogP contribution < -0.4 is 5.32 Å². The van der Waals surface area contributed by atoms with Crippen molar-refractivity contribution in [2.45, 2.75) is 13.5 Å². The lowest BCUT2D eigenvalue weighted by molar-refractivity contribution is 0.624. The minimum atomic E-state index is -0.494. The summed E-state index contributed by atoms with van der Waals surface area (Å²) in [6, 6.07) is 14.5. The second-order valence-electron chi connectivity index (χ2n) is 4.12. The normalized spacial score (nSPS) is 9.83. The van der Waals surface area contributed by atoms with E-state index in [1.54, 1.807) is 12.1 Å². The lowest BCUT2D eigenvalue weighted by atomic mass is 10.1. The van der Waals surface area contributed by atoms with E-state index in [0.717, 1.165) is 5.56 Å². The van der Waals surface area contributed by atoms with Crippen LogP contribution in [0.25, 0.3) is 0 Å². The SMILES string of the molecule is Cc1cccc(CNc2cccc(F)c2C#N)c1. The van der Waals surface area contributed by atoms with Crippen molar-refractivity contribution in [1.82, 2.24) is 0 Å². The number of rotatable bonds is 3. The van der Waals surface area contributed by atoms with Gasteiger partial charge in [0.15, 0.2) is 0 Å². The standard InChI is InChI=1S/C15H13FN2/c1-11-4-2-5-12(8-11)10-18-15-7-3-6-14(16)13(15)9-17/h2-8,18H,10H2,1H3. The van der Waals surface area contributed by atoms with Crippen molar-refractivity contribution in [3.63, 3.8) is 0 Å². The molecule has 3 heteroatoms. The number of nitrogens with zero attached hydrogens (tertiary/aromatic N) is 1. The van der Waals surface area contributed by atoms with E-state index in [2.05, 4.69) is 11.4 Å². The predicted octanol–water partition coefficient (Wildman–Crippen LogP) is 3.62. The van der Waals surface area contributed by atoms with Crippen molar-refractivity contribution in [3.05, 3.63) is 65.0 Å². The Morgan fingerprint density at radius 2 is 2.00 bits per heavy atom. The van der Waals surface area contributed by atoms with Gasteiger partial charge in [0.25, 0.3) is 0 Å². The van der Waals surface area contributed by atoms with Gasteiger partial charge in [-0.3, -0.25) is 0 Å². The highest BCUT2D eigenvalue weighted by atomic mass is 19.1. The third kappa shape index (κ3) is 2.67. The quantitative estimate of drug-likeness (QED) is 0.889. The second-order valence-corrected chi connectivity index (χ2v) is 4.12. The van der Waals surface area contributed by atoms with Crippen LogP contribution in [0, 0.1) is 24.1 Å². The predicted molar refractivity (Wildman–Crippen MR) is 69.6 cm³/mol. The Morgan fingerprint density at radius 3 is 2.72 bits per heavy atom. The van der Waals surface area contributed by atoms with Gasteiger partial charge in [-0.2, -0.15) is 5.26 Å². The van der Waals surface area contributed by atoms with Crippen LogP contribution in [0.15, 0.2) is 42.5 Å². The Bertz CT molecular complexity index is 600. The first-order chi connectivity index (χ1) is 8.70. The molecule has 0 spiro atoms. The minimum absolute atomic E-state index is 0.0603. The zero-order valence-electron chi connectivity index (χ0n) is 10.1. The molecule has 18 heavy (non-hydrogen) atoms. The molecule has 0 aliphatic rings. The highest BCUT2D eigenvalue weighted by Gasteiger charge is 2.06. The van der Waals surface area contributed by atoms with Crippen molar-refractivity contribution in [3.8, 4) is 6.07 Å². The monoisotopic (exact) mass is 240 g/mol. The van der Waals surface area contributed by atoms with Gasteiger partial charge < -0.3 is 5.32 Å². The maximum Gasteiger partial charge on any atom is 0.143 e. The highest BCUT2D eigenvalue weighted by Crippen LogP contribution is 2.18. The fourth-order valence-electron chi connectivity index (χ4n) is 1.80. The molecule has 0 bridgehead atoms. The molecule has 0 saturated carbocycles. The van der Waals surface area contributed by atoms with E-state index < -0.39 is 5.82 Å². The molecule has 0 heterocycles. The number of nitrogens with one attached hydrogen (secondary N) is 1. The molecule has 0 aliphatic heterocycles. The Morgan fingerprint density at radius 1 is 1.22 bits per heavy atom. The molecule has 1 N–H and O–H groups in total. The molecule has 2 nitrogen and oxygen atoms in total. The number of halogens is 1. The van der Waals surface area contributed by atoms with Crippen LogP contribution in [0.4, 0.5) is 10.1 Å². The summed E-state index contributed by atoms with van der Waals surface area (Å²) in [6.45, 7) is 2.59. The van der Waals surface area contributed by atoms with E-state index in [-0.39, 0.29) is 5.56 Å². The smallest absolute Gasteiger partial charge is 0.143 e. The maximum atomic E-state index is 13.4. The van der Waals surface area contributed by atoms with Crippen molar-refractivity contribution in [2.24, 2.45) is 0 Å². The number of hydrogen-bond acceptors (Lipinski definition) is 2. The van der Waals surface area contributed by atoms with Crippen LogP contribution in [0.3, 0.4) is 0 Å². The number of anilines is 1. The number of benzene rings is 2. The van der Waals surface area contributed by atoms with Gasteiger partial charge in [-0.25, -0.2) is 4.39 Å². The average Bonchev–Trinajstić information content (AvgIpc) is 2.36. The first kappa shape index (κ1) is 12.1. The van der Waals surface area contributed by atoms with Gasteiger partial charge in [-0.15, -0.1) is 0 Å². The molecule has 0 aliphatic carbocycles. The highest BCUT2D eigenvalue weighted by molar-refractivity contribution is 5.58. The van der Waals surface area contributed by atoms with E-state index in [9.17, 15) is 4.39 Å². The van der Waals surface area contributed by atoms with Crippen molar-refractivity contribution >= 4 is 5.69 Å². The van der Waals surface area contributed by atoms with Crippen molar-refractivity contribution < 1.29 is 4.39 Å². The van der Waals surface area contributed by atoms with Gasteiger partial charge in [-0.1, -0.05) is 35.9 Å². The van der Waals surface area contributed by atoms with Crippen LogP contribution in [0.2, 0.25) is 0 Å². The Kier molecular flexibility index (Phi) is 3.59. The molecule has 2 aromatic carbocycles. The number of hydrogen-bond donors (Lipinski definition) is 1. The fraction of sp³-hybridized carbons (Fsp3) is 0.133. The maximum absolute atomic E-state index is 13.4. The van der Waals surface area contributed by atoms with Crippen LogP contribution >= 0.6 is 0 Å². The summed E-state index contributed by atoms with van der Waals surface area (Å²) in [7, 11) is 0. The first-order valence-corrected chi connectivity index (χ1v) is 5.69. The Labute approximate surface area is 106 Å². The zero-order chi connectivity index (χ0) is 13.0. The van der Waals surface area contributed by atoms with Crippen LogP contribution in [0.5, 0.6) is 0 Å². The second kappa shape index (κ2) is 5.33. The van der Waals surface area contributed by atoms with Gasteiger partial charge in [0, 0.05) is 6.54 Å². The number of nitriles is 1. The molecular formula is C15H13FN2. The van der Waals surface area contributed by atoms with Crippen LogP contribution in [-0.4, -0.2) is 0 Å². The van der Waals surface area contributed by atoms with E-state index in [1.165, 1.54) is 11.6 Å². The van der Waals surface area contributed by atoms with Crippen LogP contribution in [-0.2, 0) is 6.54 Å². The topological polar surface area (TPSA) is 35.8 Å².